The van der Waals surface area contributed by atoms with Crippen LogP contribution in [0.5, 0.6) is 5.75 Å². The van der Waals surface area contributed by atoms with Crippen molar-refractivity contribution in [2.24, 2.45) is 0 Å². The van der Waals surface area contributed by atoms with Gasteiger partial charge in [0.15, 0.2) is 5.76 Å². The molecular formula is C19H27NO5. The predicted octanol–water partition coefficient (Wildman–Crippen LogP) is 2.29. The van der Waals surface area contributed by atoms with Crippen molar-refractivity contribution < 1.29 is 24.1 Å². The smallest absolute Gasteiger partial charge is 0.288 e. The zero-order valence-corrected chi connectivity index (χ0v) is 15.1. The number of nitrogens with zero attached hydrogens (tertiary/aromatic N) is 1. The van der Waals surface area contributed by atoms with Crippen LogP contribution < -0.4 is 4.74 Å². The van der Waals surface area contributed by atoms with Crippen LogP contribution in [0.15, 0.2) is 36.1 Å². The summed E-state index contributed by atoms with van der Waals surface area (Å²) in [6.07, 6.45) is 3.46. The minimum atomic E-state index is -0.477. The first-order valence-corrected chi connectivity index (χ1v) is 8.51. The lowest BCUT2D eigenvalue weighted by atomic mass is 9.93. The maximum atomic E-state index is 12.3. The number of likely N-dealkylation sites (N-methyl/N-ethyl adjacent to an activating group) is 1. The number of aliphatic hydroxyl groups is 1. The van der Waals surface area contributed by atoms with Gasteiger partial charge in [-0.1, -0.05) is 12.1 Å². The van der Waals surface area contributed by atoms with Crippen LogP contribution in [0.25, 0.3) is 0 Å². The van der Waals surface area contributed by atoms with Crippen LogP contribution in [0.3, 0.4) is 0 Å². The fourth-order valence-corrected chi connectivity index (χ4v) is 2.64. The van der Waals surface area contributed by atoms with E-state index < -0.39 is 6.29 Å². The standard InChI is InChI=1S/C19H27NO5/c1-20(2)19(22)17-12-15(14-6-8-16(23-3)9-7-14)13-18(25-17)24-11-5-4-10-21/h6-9,12,15,18,21H,4-5,10-11,13H2,1-3H3/t15-,18+/m1/s1. The second kappa shape index (κ2) is 9.44. The molecule has 6 nitrogen and oxygen atoms in total. The average molecular weight is 349 g/mol. The molecule has 1 amide bonds. The molecule has 138 valence electrons. The van der Waals surface area contributed by atoms with E-state index in [9.17, 15) is 4.79 Å². The quantitative estimate of drug-likeness (QED) is 0.729. The number of amides is 1. The largest absolute Gasteiger partial charge is 0.497 e. The fraction of sp³-hybridized carbons (Fsp3) is 0.526. The topological polar surface area (TPSA) is 68.2 Å². The predicted molar refractivity (Wildman–Crippen MR) is 94.3 cm³/mol. The molecule has 6 heteroatoms. The van der Waals surface area contributed by atoms with Gasteiger partial charge >= 0.3 is 0 Å². The molecule has 1 aromatic rings. The van der Waals surface area contributed by atoms with Crippen molar-refractivity contribution in [3.05, 3.63) is 41.7 Å². The normalized spacial score (nSPS) is 19.8. The Morgan fingerprint density at radius 3 is 2.60 bits per heavy atom. The van der Waals surface area contributed by atoms with Gasteiger partial charge in [-0.15, -0.1) is 0 Å². The molecule has 1 heterocycles. The van der Waals surface area contributed by atoms with Crippen LogP contribution in [0, 0.1) is 0 Å². The Kier molecular flexibility index (Phi) is 7.28. The van der Waals surface area contributed by atoms with Crippen LogP contribution in [0.4, 0.5) is 0 Å². The minimum absolute atomic E-state index is 0.0291. The molecule has 0 saturated carbocycles. The summed E-state index contributed by atoms with van der Waals surface area (Å²) in [6.45, 7) is 0.637. The van der Waals surface area contributed by atoms with Crippen LogP contribution in [-0.4, -0.2) is 56.6 Å². The molecule has 0 spiro atoms. The Balaban J connectivity index is 2.14. The highest BCUT2D eigenvalue weighted by molar-refractivity contribution is 5.91. The van der Waals surface area contributed by atoms with E-state index in [-0.39, 0.29) is 18.4 Å². The summed E-state index contributed by atoms with van der Waals surface area (Å²) < 4.78 is 16.7. The number of hydrogen-bond acceptors (Lipinski definition) is 5. The molecule has 2 atom stereocenters. The van der Waals surface area contributed by atoms with Gasteiger partial charge < -0.3 is 24.2 Å². The molecule has 0 fully saturated rings. The molecule has 0 aromatic heterocycles. The number of aliphatic hydroxyl groups excluding tert-OH is 1. The van der Waals surface area contributed by atoms with Gasteiger partial charge in [-0.05, 0) is 36.6 Å². The summed E-state index contributed by atoms with van der Waals surface area (Å²) in [5.41, 5.74) is 1.08. The number of ether oxygens (including phenoxy) is 3. The van der Waals surface area contributed by atoms with Crippen molar-refractivity contribution in [3.8, 4) is 5.75 Å². The zero-order valence-electron chi connectivity index (χ0n) is 15.1. The van der Waals surface area contributed by atoms with Gasteiger partial charge in [-0.3, -0.25) is 4.79 Å². The Hall–Kier alpha value is -2.05. The SMILES string of the molecule is COc1ccc([C@@H]2C=C(C(=O)N(C)C)O[C@H](OCCCCO)C2)cc1. The molecular weight excluding hydrogens is 322 g/mol. The summed E-state index contributed by atoms with van der Waals surface area (Å²) >= 11 is 0. The number of benzene rings is 1. The Morgan fingerprint density at radius 2 is 2.00 bits per heavy atom. The van der Waals surface area contributed by atoms with Gasteiger partial charge in [0.25, 0.3) is 5.91 Å². The number of carbonyl (C=O) groups is 1. The van der Waals surface area contributed by atoms with E-state index in [4.69, 9.17) is 19.3 Å². The molecule has 0 radical (unpaired) electrons. The van der Waals surface area contributed by atoms with Crippen molar-refractivity contribution in [3.63, 3.8) is 0 Å². The van der Waals surface area contributed by atoms with Crippen LogP contribution in [-0.2, 0) is 14.3 Å². The Morgan fingerprint density at radius 1 is 1.28 bits per heavy atom. The van der Waals surface area contributed by atoms with Crippen molar-refractivity contribution in [2.75, 3.05) is 34.4 Å². The van der Waals surface area contributed by atoms with E-state index in [0.717, 1.165) is 17.7 Å². The number of methoxy groups -OCH3 is 1. The molecule has 0 aliphatic carbocycles. The van der Waals surface area contributed by atoms with E-state index >= 15 is 0 Å². The molecule has 2 rings (SSSR count). The van der Waals surface area contributed by atoms with Crippen LogP contribution in [0.2, 0.25) is 0 Å². The van der Waals surface area contributed by atoms with Gasteiger partial charge in [0.05, 0.1) is 13.7 Å². The first-order chi connectivity index (χ1) is 12.0. The molecule has 0 saturated heterocycles. The maximum Gasteiger partial charge on any atom is 0.288 e. The van der Waals surface area contributed by atoms with E-state index in [0.29, 0.717) is 25.2 Å². The molecule has 0 unspecified atom stereocenters. The third kappa shape index (κ3) is 5.47. The number of rotatable bonds is 8. The highest BCUT2D eigenvalue weighted by atomic mass is 16.7. The number of hydrogen-bond donors (Lipinski definition) is 1. The zero-order chi connectivity index (χ0) is 18.2. The number of allylic oxidation sites excluding steroid dienone is 1. The monoisotopic (exact) mass is 349 g/mol. The lowest BCUT2D eigenvalue weighted by Crippen LogP contribution is -2.32. The third-order valence-electron chi connectivity index (χ3n) is 4.07. The van der Waals surface area contributed by atoms with Gasteiger partial charge in [-0.25, -0.2) is 0 Å². The van der Waals surface area contributed by atoms with Crippen molar-refractivity contribution in [1.82, 2.24) is 4.90 Å². The highest BCUT2D eigenvalue weighted by Crippen LogP contribution is 2.32. The Bertz CT molecular complexity index is 582. The lowest BCUT2D eigenvalue weighted by molar-refractivity contribution is -0.151. The molecule has 1 aliphatic heterocycles. The summed E-state index contributed by atoms with van der Waals surface area (Å²) in [6, 6.07) is 7.80. The first-order valence-electron chi connectivity index (χ1n) is 8.51. The molecule has 1 aliphatic rings. The molecule has 1 N–H and O–H groups in total. The summed E-state index contributed by atoms with van der Waals surface area (Å²) in [5.74, 6) is 0.953. The van der Waals surface area contributed by atoms with Crippen molar-refractivity contribution in [1.29, 1.82) is 0 Å². The Labute approximate surface area is 149 Å². The minimum Gasteiger partial charge on any atom is -0.497 e. The highest BCUT2D eigenvalue weighted by Gasteiger charge is 2.29. The van der Waals surface area contributed by atoms with Gasteiger partial charge in [0, 0.05) is 33.0 Å². The van der Waals surface area contributed by atoms with Gasteiger partial charge in [-0.2, -0.15) is 0 Å². The summed E-state index contributed by atoms with van der Waals surface area (Å²) in [4.78, 5) is 13.8. The van der Waals surface area contributed by atoms with Crippen LogP contribution in [0.1, 0.15) is 30.7 Å². The third-order valence-corrected chi connectivity index (χ3v) is 4.07. The van der Waals surface area contributed by atoms with Gasteiger partial charge in [0.1, 0.15) is 5.75 Å². The van der Waals surface area contributed by atoms with E-state index in [1.54, 1.807) is 21.2 Å². The second-order valence-corrected chi connectivity index (χ2v) is 6.19. The second-order valence-electron chi connectivity index (χ2n) is 6.19. The molecule has 0 bridgehead atoms. The van der Waals surface area contributed by atoms with E-state index in [1.165, 1.54) is 4.90 Å². The van der Waals surface area contributed by atoms with E-state index in [2.05, 4.69) is 0 Å². The summed E-state index contributed by atoms with van der Waals surface area (Å²) in [5, 5.41) is 8.86. The van der Waals surface area contributed by atoms with E-state index in [1.807, 2.05) is 30.3 Å². The van der Waals surface area contributed by atoms with Crippen molar-refractivity contribution in [2.45, 2.75) is 31.5 Å². The van der Waals surface area contributed by atoms with Crippen LogP contribution >= 0.6 is 0 Å². The lowest BCUT2D eigenvalue weighted by Gasteiger charge is -2.30. The van der Waals surface area contributed by atoms with Gasteiger partial charge in [0.2, 0.25) is 6.29 Å². The van der Waals surface area contributed by atoms with Crippen molar-refractivity contribution >= 4 is 5.91 Å². The molecule has 25 heavy (non-hydrogen) atoms. The number of carbonyl (C=O) groups excluding carboxylic acids is 1. The summed E-state index contributed by atoms with van der Waals surface area (Å²) in [7, 11) is 5.02. The fourth-order valence-electron chi connectivity index (χ4n) is 2.64. The number of unbranched alkanes of at least 4 members (excludes halogenated alkanes) is 1. The maximum absolute atomic E-state index is 12.3. The first kappa shape index (κ1) is 19.3. The molecule has 1 aromatic carbocycles. The average Bonchev–Trinajstić information content (AvgIpc) is 2.64.